The number of sulfonamides is 1. The van der Waals surface area contributed by atoms with Crippen molar-refractivity contribution in [3.05, 3.63) is 12.0 Å². The summed E-state index contributed by atoms with van der Waals surface area (Å²) in [4.78, 5) is 4.11. The van der Waals surface area contributed by atoms with Gasteiger partial charge in [0.1, 0.15) is 5.82 Å². The predicted octanol–water partition coefficient (Wildman–Crippen LogP) is 1.15. The Labute approximate surface area is 120 Å². The number of aromatic nitrogens is 2. The quantitative estimate of drug-likeness (QED) is 0.853. The molecular weight excluding hydrogens is 276 g/mol. The highest BCUT2D eigenvalue weighted by Crippen LogP contribution is 2.25. The van der Waals surface area contributed by atoms with E-state index >= 15 is 0 Å². The maximum atomic E-state index is 12.3. The van der Waals surface area contributed by atoms with Gasteiger partial charge in [0, 0.05) is 24.8 Å². The van der Waals surface area contributed by atoms with Gasteiger partial charge in [-0.1, -0.05) is 19.3 Å². The molecule has 20 heavy (non-hydrogen) atoms. The molecule has 1 aliphatic carbocycles. The number of nitrogens with zero attached hydrogens (tertiary/aromatic N) is 2. The normalized spacial score (nSPS) is 19.1. The van der Waals surface area contributed by atoms with Gasteiger partial charge in [0.05, 0.1) is 0 Å². The van der Waals surface area contributed by atoms with Gasteiger partial charge < -0.3 is 10.3 Å². The van der Waals surface area contributed by atoms with E-state index < -0.39 is 15.6 Å². The van der Waals surface area contributed by atoms with Crippen molar-refractivity contribution < 1.29 is 8.42 Å². The lowest BCUT2D eigenvalue weighted by Crippen LogP contribution is -2.51. The molecule has 1 heterocycles. The third-order valence-corrected chi connectivity index (χ3v) is 5.31. The molecule has 1 aliphatic rings. The van der Waals surface area contributed by atoms with Gasteiger partial charge in [-0.25, -0.2) is 18.1 Å². The molecule has 114 valence electrons. The number of nitrogens with two attached hydrogens (primary N) is 1. The number of hydrogen-bond acceptors (Lipinski definition) is 4. The molecule has 0 aliphatic heterocycles. The van der Waals surface area contributed by atoms with Crippen molar-refractivity contribution in [1.29, 1.82) is 0 Å². The van der Waals surface area contributed by atoms with Gasteiger partial charge in [-0.05, 0) is 26.7 Å². The van der Waals surface area contributed by atoms with E-state index in [1.807, 2.05) is 11.5 Å². The van der Waals surface area contributed by atoms with Crippen LogP contribution in [0.4, 0.5) is 0 Å². The molecule has 1 aromatic rings. The molecular formula is C13H24N4O2S. The first-order valence-electron chi connectivity index (χ1n) is 7.19. The summed E-state index contributed by atoms with van der Waals surface area (Å²) in [5, 5.41) is 0.0799. The van der Waals surface area contributed by atoms with Crippen LogP contribution in [0.5, 0.6) is 0 Å². The zero-order valence-corrected chi connectivity index (χ0v) is 13.0. The van der Waals surface area contributed by atoms with Crippen LogP contribution in [0, 0.1) is 6.92 Å². The molecule has 1 aromatic heterocycles. The lowest BCUT2D eigenvalue weighted by molar-refractivity contribution is 0.296. The topological polar surface area (TPSA) is 90.0 Å². The summed E-state index contributed by atoms with van der Waals surface area (Å²) < 4.78 is 28.9. The number of imidazole rings is 1. The molecule has 6 nitrogen and oxygen atoms in total. The monoisotopic (exact) mass is 300 g/mol. The van der Waals surface area contributed by atoms with Gasteiger partial charge >= 0.3 is 0 Å². The summed E-state index contributed by atoms with van der Waals surface area (Å²) in [6.45, 7) is 4.74. The Balaban J connectivity index is 2.06. The van der Waals surface area contributed by atoms with Crippen LogP contribution in [0.25, 0.3) is 0 Å². The molecule has 0 bridgehead atoms. The highest BCUT2D eigenvalue weighted by Gasteiger charge is 2.30. The lowest BCUT2D eigenvalue weighted by Gasteiger charge is -2.33. The Kier molecular flexibility index (Phi) is 4.51. The van der Waals surface area contributed by atoms with Gasteiger partial charge in [0.15, 0.2) is 5.03 Å². The number of nitrogens with one attached hydrogen (secondary N) is 1. The van der Waals surface area contributed by atoms with Crippen molar-refractivity contribution >= 4 is 10.0 Å². The van der Waals surface area contributed by atoms with Crippen LogP contribution in [0.15, 0.2) is 11.2 Å². The zero-order chi connectivity index (χ0) is 14.8. The smallest absolute Gasteiger partial charge is 0.259 e. The molecule has 3 N–H and O–H groups in total. The van der Waals surface area contributed by atoms with Crippen LogP contribution in [-0.4, -0.2) is 30.1 Å². The average molecular weight is 300 g/mol. The highest BCUT2D eigenvalue weighted by molar-refractivity contribution is 7.89. The zero-order valence-electron chi connectivity index (χ0n) is 12.2. The van der Waals surface area contributed by atoms with Crippen LogP contribution in [-0.2, 0) is 16.6 Å². The van der Waals surface area contributed by atoms with Crippen molar-refractivity contribution in [3.63, 3.8) is 0 Å². The van der Waals surface area contributed by atoms with Crippen LogP contribution in [0.1, 0.15) is 44.9 Å². The van der Waals surface area contributed by atoms with Crippen LogP contribution in [0.2, 0.25) is 0 Å². The summed E-state index contributed by atoms with van der Waals surface area (Å²) in [6, 6.07) is 0. The standard InChI is InChI=1S/C13H24N4O2S/c1-3-17-9-12(16-11(17)2)20(18,19)15-10-13(14)7-5-4-6-8-13/h9,15H,3-8,10,14H2,1-2H3. The molecule has 0 saturated heterocycles. The van der Waals surface area contributed by atoms with E-state index in [-0.39, 0.29) is 11.6 Å². The van der Waals surface area contributed by atoms with Crippen LogP contribution >= 0.6 is 0 Å². The van der Waals surface area contributed by atoms with E-state index in [9.17, 15) is 8.42 Å². The predicted molar refractivity (Wildman–Crippen MR) is 77.8 cm³/mol. The maximum Gasteiger partial charge on any atom is 0.259 e. The molecule has 1 fully saturated rings. The Hall–Kier alpha value is -0.920. The second-order valence-electron chi connectivity index (χ2n) is 5.66. The van der Waals surface area contributed by atoms with Gasteiger partial charge in [0.2, 0.25) is 0 Å². The summed E-state index contributed by atoms with van der Waals surface area (Å²) in [5.74, 6) is 0.702. The third-order valence-electron chi connectivity index (χ3n) is 4.03. The molecule has 0 unspecified atom stereocenters. The fourth-order valence-electron chi connectivity index (χ4n) is 2.67. The van der Waals surface area contributed by atoms with Crippen molar-refractivity contribution in [3.8, 4) is 0 Å². The molecule has 7 heteroatoms. The van der Waals surface area contributed by atoms with E-state index in [4.69, 9.17) is 5.73 Å². The fourth-order valence-corrected chi connectivity index (χ4v) is 3.82. The summed E-state index contributed by atoms with van der Waals surface area (Å²) in [6.07, 6.45) is 6.65. The maximum absolute atomic E-state index is 12.3. The van der Waals surface area contributed by atoms with Gasteiger partial charge in [-0.2, -0.15) is 0 Å². The van der Waals surface area contributed by atoms with Crippen molar-refractivity contribution in [1.82, 2.24) is 14.3 Å². The molecule has 0 amide bonds. The first kappa shape index (κ1) is 15.5. The first-order valence-corrected chi connectivity index (χ1v) is 8.67. The highest BCUT2D eigenvalue weighted by atomic mass is 32.2. The van der Waals surface area contributed by atoms with Gasteiger partial charge in [0.25, 0.3) is 10.0 Å². The van der Waals surface area contributed by atoms with Gasteiger partial charge in [-0.3, -0.25) is 0 Å². The van der Waals surface area contributed by atoms with E-state index in [0.29, 0.717) is 12.4 Å². The summed E-state index contributed by atoms with van der Waals surface area (Å²) >= 11 is 0. The number of hydrogen-bond donors (Lipinski definition) is 2. The van der Waals surface area contributed by atoms with Crippen LogP contribution in [0.3, 0.4) is 0 Å². The van der Waals surface area contributed by atoms with Crippen LogP contribution < -0.4 is 10.5 Å². The van der Waals surface area contributed by atoms with Gasteiger partial charge in [-0.15, -0.1) is 0 Å². The Morgan fingerprint density at radius 2 is 2.05 bits per heavy atom. The first-order chi connectivity index (χ1) is 9.36. The largest absolute Gasteiger partial charge is 0.334 e. The van der Waals surface area contributed by atoms with E-state index in [0.717, 1.165) is 25.7 Å². The minimum absolute atomic E-state index is 0.0799. The summed E-state index contributed by atoms with van der Waals surface area (Å²) in [7, 11) is -3.57. The minimum Gasteiger partial charge on any atom is -0.334 e. The molecule has 0 aromatic carbocycles. The Bertz CT molecular complexity index is 559. The second-order valence-corrected chi connectivity index (χ2v) is 7.37. The van der Waals surface area contributed by atoms with Crippen molar-refractivity contribution in [2.24, 2.45) is 5.73 Å². The molecule has 2 rings (SSSR count). The summed E-state index contributed by atoms with van der Waals surface area (Å²) in [5.41, 5.74) is 5.84. The van der Waals surface area contributed by atoms with E-state index in [2.05, 4.69) is 9.71 Å². The molecule has 0 atom stereocenters. The Morgan fingerprint density at radius 3 is 2.60 bits per heavy atom. The minimum atomic E-state index is -3.57. The average Bonchev–Trinajstić information content (AvgIpc) is 2.80. The van der Waals surface area contributed by atoms with Crippen molar-refractivity contribution in [2.75, 3.05) is 6.54 Å². The van der Waals surface area contributed by atoms with E-state index in [1.54, 1.807) is 13.1 Å². The Morgan fingerprint density at radius 1 is 1.40 bits per heavy atom. The SMILES string of the molecule is CCn1cc(S(=O)(=O)NCC2(N)CCCCC2)nc1C. The van der Waals surface area contributed by atoms with Crippen molar-refractivity contribution in [2.45, 2.75) is 63.1 Å². The number of aryl methyl sites for hydroxylation is 2. The molecule has 0 radical (unpaired) electrons. The third kappa shape index (κ3) is 3.39. The number of rotatable bonds is 5. The molecule has 0 spiro atoms. The fraction of sp³-hybridized carbons (Fsp3) is 0.769. The lowest BCUT2D eigenvalue weighted by atomic mass is 9.83. The second kappa shape index (κ2) is 5.83. The van der Waals surface area contributed by atoms with E-state index in [1.165, 1.54) is 6.42 Å². The molecule has 1 saturated carbocycles.